The second-order valence-corrected chi connectivity index (χ2v) is 8.12. The molecule has 2 aliphatic rings. The number of carbonyl (C=O) groups is 1. The molecule has 3 heteroatoms. The topological polar surface area (TPSA) is 23.6 Å². The molecule has 2 heterocycles. The molecule has 0 bridgehead atoms. The van der Waals surface area contributed by atoms with Gasteiger partial charge >= 0.3 is 0 Å². The molecule has 1 spiro atoms. The Kier molecular flexibility index (Phi) is 5.58. The summed E-state index contributed by atoms with van der Waals surface area (Å²) in [6, 6.07) is 21.2. The monoisotopic (exact) mass is 362 g/mol. The van der Waals surface area contributed by atoms with Crippen molar-refractivity contribution in [3.63, 3.8) is 0 Å². The van der Waals surface area contributed by atoms with Gasteiger partial charge in [-0.2, -0.15) is 0 Å². The van der Waals surface area contributed by atoms with E-state index in [1.54, 1.807) is 0 Å². The fraction of sp³-hybridized carbons (Fsp3) is 0.458. The minimum atomic E-state index is 0.0778. The van der Waals surface area contributed by atoms with E-state index in [9.17, 15) is 4.79 Å². The highest BCUT2D eigenvalue weighted by molar-refractivity contribution is 5.79. The van der Waals surface area contributed by atoms with Gasteiger partial charge in [0, 0.05) is 31.6 Å². The van der Waals surface area contributed by atoms with Crippen molar-refractivity contribution in [3.8, 4) is 0 Å². The van der Waals surface area contributed by atoms with Gasteiger partial charge in [-0.15, -0.1) is 0 Å². The van der Waals surface area contributed by atoms with Crippen LogP contribution in [0.3, 0.4) is 0 Å². The molecule has 0 radical (unpaired) electrons. The number of nitrogens with zero attached hydrogens (tertiary/aromatic N) is 2. The van der Waals surface area contributed by atoms with Crippen molar-refractivity contribution in [2.45, 2.75) is 50.6 Å². The molecule has 0 aromatic heterocycles. The number of rotatable bonds is 5. The number of likely N-dealkylation sites (tertiary alicyclic amines) is 2. The van der Waals surface area contributed by atoms with Gasteiger partial charge in [0.1, 0.15) is 0 Å². The number of hydrogen-bond donors (Lipinski definition) is 0. The average molecular weight is 363 g/mol. The van der Waals surface area contributed by atoms with Gasteiger partial charge in [-0.3, -0.25) is 4.79 Å². The van der Waals surface area contributed by atoms with E-state index in [-0.39, 0.29) is 5.54 Å². The third-order valence-corrected chi connectivity index (χ3v) is 6.43. The number of benzene rings is 2. The second-order valence-electron chi connectivity index (χ2n) is 8.12. The van der Waals surface area contributed by atoms with Crippen LogP contribution in [-0.2, 0) is 17.8 Å². The fourth-order valence-corrected chi connectivity index (χ4v) is 4.81. The van der Waals surface area contributed by atoms with Crippen LogP contribution in [0.25, 0.3) is 0 Å². The third kappa shape index (κ3) is 4.24. The van der Waals surface area contributed by atoms with Crippen LogP contribution in [0.5, 0.6) is 0 Å². The van der Waals surface area contributed by atoms with E-state index in [0.29, 0.717) is 5.91 Å². The molecule has 2 fully saturated rings. The highest BCUT2D eigenvalue weighted by Crippen LogP contribution is 2.40. The molecular weight excluding hydrogens is 332 g/mol. The van der Waals surface area contributed by atoms with Crippen LogP contribution >= 0.6 is 0 Å². The molecule has 2 aliphatic heterocycles. The standard InChI is InChI=1S/C24H30N2O/c27-23-12-15-24(26(23)20-22-10-5-2-6-11-22)14-7-17-25(19-16-24)18-13-21-8-3-1-4-9-21/h1-6,8-11H,7,12-20H2/t24-/m0/s1. The van der Waals surface area contributed by atoms with Gasteiger partial charge in [0.05, 0.1) is 0 Å². The molecule has 0 N–H and O–H groups in total. The highest BCUT2D eigenvalue weighted by Gasteiger charge is 2.45. The Morgan fingerprint density at radius 2 is 1.52 bits per heavy atom. The maximum Gasteiger partial charge on any atom is 0.223 e. The SMILES string of the molecule is O=C1CC[C@]2(CCCN(CCc3ccccc3)CC2)N1Cc1ccccc1. The van der Waals surface area contributed by atoms with E-state index < -0.39 is 0 Å². The van der Waals surface area contributed by atoms with Crippen molar-refractivity contribution < 1.29 is 4.79 Å². The first-order chi connectivity index (χ1) is 13.3. The van der Waals surface area contributed by atoms with E-state index in [0.717, 1.165) is 58.3 Å². The van der Waals surface area contributed by atoms with Gasteiger partial charge < -0.3 is 9.80 Å². The van der Waals surface area contributed by atoms with Gasteiger partial charge in [0.25, 0.3) is 0 Å². The summed E-state index contributed by atoms with van der Waals surface area (Å²) in [6.45, 7) is 4.14. The minimum Gasteiger partial charge on any atom is -0.333 e. The first kappa shape index (κ1) is 18.2. The molecule has 142 valence electrons. The van der Waals surface area contributed by atoms with E-state index in [2.05, 4.69) is 64.4 Å². The Morgan fingerprint density at radius 3 is 2.26 bits per heavy atom. The van der Waals surface area contributed by atoms with Crippen molar-refractivity contribution in [1.29, 1.82) is 0 Å². The molecule has 0 saturated carbocycles. The summed E-state index contributed by atoms with van der Waals surface area (Å²) < 4.78 is 0. The van der Waals surface area contributed by atoms with Crippen molar-refractivity contribution in [3.05, 3.63) is 71.8 Å². The van der Waals surface area contributed by atoms with Gasteiger partial charge in [-0.25, -0.2) is 0 Å². The predicted octanol–water partition coefficient (Wildman–Crippen LogP) is 4.28. The second kappa shape index (κ2) is 8.26. The summed E-state index contributed by atoms with van der Waals surface area (Å²) in [7, 11) is 0. The third-order valence-electron chi connectivity index (χ3n) is 6.43. The summed E-state index contributed by atoms with van der Waals surface area (Å²) in [5.74, 6) is 0.344. The maximum absolute atomic E-state index is 12.7. The Morgan fingerprint density at radius 1 is 0.815 bits per heavy atom. The first-order valence-corrected chi connectivity index (χ1v) is 10.4. The van der Waals surface area contributed by atoms with E-state index in [1.165, 1.54) is 17.5 Å². The molecular formula is C24H30N2O. The highest BCUT2D eigenvalue weighted by atomic mass is 16.2. The zero-order valence-electron chi connectivity index (χ0n) is 16.1. The van der Waals surface area contributed by atoms with Gasteiger partial charge in [-0.05, 0) is 49.8 Å². The maximum atomic E-state index is 12.7. The fourth-order valence-electron chi connectivity index (χ4n) is 4.81. The van der Waals surface area contributed by atoms with Crippen molar-refractivity contribution in [1.82, 2.24) is 9.80 Å². The first-order valence-electron chi connectivity index (χ1n) is 10.4. The zero-order valence-corrected chi connectivity index (χ0v) is 16.1. The van der Waals surface area contributed by atoms with Crippen LogP contribution < -0.4 is 0 Å². The quantitative estimate of drug-likeness (QED) is 0.793. The van der Waals surface area contributed by atoms with Crippen molar-refractivity contribution >= 4 is 5.91 Å². The number of hydrogen-bond acceptors (Lipinski definition) is 2. The lowest BCUT2D eigenvalue weighted by molar-refractivity contribution is -0.132. The van der Waals surface area contributed by atoms with Crippen molar-refractivity contribution in [2.75, 3.05) is 19.6 Å². The lowest BCUT2D eigenvalue weighted by Gasteiger charge is -2.38. The van der Waals surface area contributed by atoms with Crippen LogP contribution in [0.4, 0.5) is 0 Å². The molecule has 0 unspecified atom stereocenters. The Balaban J connectivity index is 1.40. The smallest absolute Gasteiger partial charge is 0.223 e. The summed E-state index contributed by atoms with van der Waals surface area (Å²) in [4.78, 5) is 17.5. The van der Waals surface area contributed by atoms with Crippen LogP contribution in [0.2, 0.25) is 0 Å². The van der Waals surface area contributed by atoms with Crippen LogP contribution in [0, 0.1) is 0 Å². The van der Waals surface area contributed by atoms with E-state index in [4.69, 9.17) is 0 Å². The lowest BCUT2D eigenvalue weighted by atomic mass is 9.87. The number of carbonyl (C=O) groups excluding carboxylic acids is 1. The molecule has 1 amide bonds. The Labute approximate surface area is 163 Å². The van der Waals surface area contributed by atoms with E-state index >= 15 is 0 Å². The summed E-state index contributed by atoms with van der Waals surface area (Å²) >= 11 is 0. The van der Waals surface area contributed by atoms with Crippen LogP contribution in [0.1, 0.15) is 43.2 Å². The van der Waals surface area contributed by atoms with Crippen molar-refractivity contribution in [2.24, 2.45) is 0 Å². The average Bonchev–Trinajstić information content (AvgIpc) is 2.89. The zero-order chi connectivity index (χ0) is 18.5. The molecule has 0 aliphatic carbocycles. The molecule has 2 aromatic carbocycles. The van der Waals surface area contributed by atoms with Gasteiger partial charge in [0.2, 0.25) is 5.91 Å². The molecule has 1 atom stereocenters. The normalized spacial score (nSPS) is 23.7. The molecule has 2 aromatic rings. The Hall–Kier alpha value is -2.13. The molecule has 3 nitrogen and oxygen atoms in total. The molecule has 2 saturated heterocycles. The minimum absolute atomic E-state index is 0.0778. The number of amides is 1. The lowest BCUT2D eigenvalue weighted by Crippen LogP contribution is -2.46. The largest absolute Gasteiger partial charge is 0.333 e. The van der Waals surface area contributed by atoms with Crippen LogP contribution in [0.15, 0.2) is 60.7 Å². The van der Waals surface area contributed by atoms with Crippen LogP contribution in [-0.4, -0.2) is 40.9 Å². The van der Waals surface area contributed by atoms with Gasteiger partial charge in [-0.1, -0.05) is 60.7 Å². The summed E-state index contributed by atoms with van der Waals surface area (Å²) in [5, 5.41) is 0. The van der Waals surface area contributed by atoms with Gasteiger partial charge in [0.15, 0.2) is 0 Å². The summed E-state index contributed by atoms with van der Waals surface area (Å²) in [6.07, 6.45) is 6.31. The van der Waals surface area contributed by atoms with E-state index in [1.807, 2.05) is 6.07 Å². The molecule has 4 rings (SSSR count). The molecule has 27 heavy (non-hydrogen) atoms. The Bertz CT molecular complexity index is 745. The predicted molar refractivity (Wildman–Crippen MR) is 109 cm³/mol. The summed E-state index contributed by atoms with van der Waals surface area (Å²) in [5.41, 5.74) is 2.74.